The number of aromatic hydroxyl groups is 1. The Balaban J connectivity index is 1.70. The van der Waals surface area contributed by atoms with E-state index in [1.165, 1.54) is 32.8 Å². The summed E-state index contributed by atoms with van der Waals surface area (Å²) in [4.78, 5) is 14.3. The lowest BCUT2D eigenvalue weighted by Crippen LogP contribution is -2.33. The summed E-state index contributed by atoms with van der Waals surface area (Å²) < 4.78 is 5.07. The molecular formula is C17H23NO3. The summed E-state index contributed by atoms with van der Waals surface area (Å²) in [5.41, 5.74) is 0.319. The van der Waals surface area contributed by atoms with E-state index in [9.17, 15) is 9.90 Å². The van der Waals surface area contributed by atoms with Crippen LogP contribution in [0.4, 0.5) is 0 Å². The normalized spacial score (nSPS) is 26.9. The molecule has 4 heteroatoms. The number of ether oxygens (including phenoxy) is 1. The Bertz CT molecular complexity index is 543. The van der Waals surface area contributed by atoms with Crippen molar-refractivity contribution in [2.45, 2.75) is 25.7 Å². The zero-order valence-corrected chi connectivity index (χ0v) is 12.7. The summed E-state index contributed by atoms with van der Waals surface area (Å²) in [6.07, 6.45) is 5.29. The number of methoxy groups -OCH3 is 1. The molecule has 3 unspecified atom stereocenters. The van der Waals surface area contributed by atoms with Crippen LogP contribution >= 0.6 is 0 Å². The number of rotatable bonds is 4. The van der Waals surface area contributed by atoms with Gasteiger partial charge in [-0.3, -0.25) is 4.79 Å². The van der Waals surface area contributed by atoms with Crippen molar-refractivity contribution in [2.24, 2.45) is 17.8 Å². The van der Waals surface area contributed by atoms with Gasteiger partial charge in [0.25, 0.3) is 5.91 Å². The largest absolute Gasteiger partial charge is 0.504 e. The number of hydrogen-bond acceptors (Lipinski definition) is 3. The Labute approximate surface area is 125 Å². The van der Waals surface area contributed by atoms with Gasteiger partial charge in [0, 0.05) is 13.6 Å². The number of nitrogens with zero attached hydrogens (tertiary/aromatic N) is 1. The fourth-order valence-electron chi connectivity index (χ4n) is 4.10. The SMILES string of the molecule is COc1cccc(C(=O)N(C)CC2CC3CCC2C3)c1O. The highest BCUT2D eigenvalue weighted by atomic mass is 16.5. The molecule has 1 amide bonds. The Morgan fingerprint density at radius 2 is 2.19 bits per heavy atom. The van der Waals surface area contributed by atoms with E-state index < -0.39 is 0 Å². The van der Waals surface area contributed by atoms with E-state index >= 15 is 0 Å². The molecule has 0 radical (unpaired) electrons. The lowest BCUT2D eigenvalue weighted by Gasteiger charge is -2.27. The molecule has 0 heterocycles. The van der Waals surface area contributed by atoms with Gasteiger partial charge in [-0.25, -0.2) is 0 Å². The van der Waals surface area contributed by atoms with E-state index in [-0.39, 0.29) is 11.7 Å². The molecule has 0 saturated heterocycles. The van der Waals surface area contributed by atoms with E-state index in [2.05, 4.69) is 0 Å². The number of para-hydroxylation sites is 1. The van der Waals surface area contributed by atoms with Crippen LogP contribution in [0.5, 0.6) is 11.5 Å². The van der Waals surface area contributed by atoms with Gasteiger partial charge in [-0.15, -0.1) is 0 Å². The Hall–Kier alpha value is -1.71. The van der Waals surface area contributed by atoms with E-state index in [0.29, 0.717) is 17.2 Å². The van der Waals surface area contributed by atoms with Crippen molar-refractivity contribution in [3.63, 3.8) is 0 Å². The van der Waals surface area contributed by atoms with Crippen molar-refractivity contribution in [1.29, 1.82) is 0 Å². The van der Waals surface area contributed by atoms with Crippen LogP contribution in [0.25, 0.3) is 0 Å². The number of phenols is 1. The van der Waals surface area contributed by atoms with Gasteiger partial charge in [-0.2, -0.15) is 0 Å². The number of carbonyl (C=O) groups is 1. The Kier molecular flexibility index (Phi) is 3.79. The van der Waals surface area contributed by atoms with Crippen molar-refractivity contribution >= 4 is 5.91 Å². The van der Waals surface area contributed by atoms with E-state index in [0.717, 1.165) is 18.4 Å². The summed E-state index contributed by atoms with van der Waals surface area (Å²) in [6.45, 7) is 0.788. The highest BCUT2D eigenvalue weighted by Crippen LogP contribution is 2.48. The minimum absolute atomic E-state index is 0.0650. The summed E-state index contributed by atoms with van der Waals surface area (Å²) in [5.74, 6) is 2.46. The summed E-state index contributed by atoms with van der Waals surface area (Å²) in [7, 11) is 3.32. The number of benzene rings is 1. The summed E-state index contributed by atoms with van der Waals surface area (Å²) in [5, 5.41) is 10.1. The number of hydrogen-bond donors (Lipinski definition) is 1. The molecule has 1 aromatic carbocycles. The lowest BCUT2D eigenvalue weighted by molar-refractivity contribution is 0.0750. The van der Waals surface area contributed by atoms with Gasteiger partial charge in [-0.05, 0) is 49.1 Å². The zero-order chi connectivity index (χ0) is 15.0. The van der Waals surface area contributed by atoms with Gasteiger partial charge in [-0.1, -0.05) is 12.5 Å². The average Bonchev–Trinajstić information content (AvgIpc) is 3.09. The third-order valence-corrected chi connectivity index (χ3v) is 5.19. The Morgan fingerprint density at radius 1 is 1.38 bits per heavy atom. The van der Waals surface area contributed by atoms with Crippen LogP contribution in [0, 0.1) is 17.8 Å². The molecule has 1 aromatic rings. The van der Waals surface area contributed by atoms with Gasteiger partial charge in [0.2, 0.25) is 0 Å². The fraction of sp³-hybridized carbons (Fsp3) is 0.588. The predicted molar refractivity (Wildman–Crippen MR) is 80.6 cm³/mol. The third kappa shape index (κ3) is 2.59. The molecule has 3 atom stereocenters. The number of amides is 1. The smallest absolute Gasteiger partial charge is 0.257 e. The van der Waals surface area contributed by atoms with Crippen LogP contribution in [0.1, 0.15) is 36.0 Å². The topological polar surface area (TPSA) is 49.8 Å². The molecule has 2 aliphatic carbocycles. The van der Waals surface area contributed by atoms with Gasteiger partial charge < -0.3 is 14.7 Å². The average molecular weight is 289 g/mol. The highest BCUT2D eigenvalue weighted by Gasteiger charge is 2.40. The quantitative estimate of drug-likeness (QED) is 0.927. The molecule has 114 valence electrons. The standard InChI is InChI=1S/C17H23NO3/c1-18(10-13-9-11-6-7-12(13)8-11)17(20)14-4-3-5-15(21-2)16(14)19/h3-5,11-13,19H,6-10H2,1-2H3. The van der Waals surface area contributed by atoms with Crippen molar-refractivity contribution < 1.29 is 14.6 Å². The first-order valence-corrected chi connectivity index (χ1v) is 7.71. The second-order valence-electron chi connectivity index (χ2n) is 6.48. The molecule has 2 aliphatic rings. The molecule has 1 N–H and O–H groups in total. The first-order chi connectivity index (χ1) is 10.1. The van der Waals surface area contributed by atoms with Gasteiger partial charge >= 0.3 is 0 Å². The summed E-state index contributed by atoms with van der Waals surface area (Å²) >= 11 is 0. The van der Waals surface area contributed by atoms with Crippen LogP contribution in [0.3, 0.4) is 0 Å². The van der Waals surface area contributed by atoms with Crippen molar-refractivity contribution in [3.8, 4) is 11.5 Å². The maximum Gasteiger partial charge on any atom is 0.257 e. The second kappa shape index (κ2) is 5.58. The van der Waals surface area contributed by atoms with Crippen LogP contribution < -0.4 is 4.74 Å². The molecule has 0 aromatic heterocycles. The highest BCUT2D eigenvalue weighted by molar-refractivity contribution is 5.97. The van der Waals surface area contributed by atoms with E-state index in [1.54, 1.807) is 23.1 Å². The molecule has 21 heavy (non-hydrogen) atoms. The van der Waals surface area contributed by atoms with Gasteiger partial charge in [0.05, 0.1) is 12.7 Å². The van der Waals surface area contributed by atoms with E-state index in [1.807, 2.05) is 7.05 Å². The van der Waals surface area contributed by atoms with Crippen molar-refractivity contribution in [1.82, 2.24) is 4.90 Å². The number of carbonyl (C=O) groups excluding carboxylic acids is 1. The lowest BCUT2D eigenvalue weighted by atomic mass is 9.88. The minimum Gasteiger partial charge on any atom is -0.504 e. The van der Waals surface area contributed by atoms with Crippen LogP contribution in [-0.4, -0.2) is 36.6 Å². The summed E-state index contributed by atoms with van der Waals surface area (Å²) in [6, 6.07) is 5.04. The van der Waals surface area contributed by atoms with E-state index in [4.69, 9.17) is 4.74 Å². The molecule has 0 spiro atoms. The van der Waals surface area contributed by atoms with Crippen molar-refractivity contribution in [3.05, 3.63) is 23.8 Å². The Morgan fingerprint density at radius 3 is 2.81 bits per heavy atom. The first kappa shape index (κ1) is 14.2. The molecule has 3 rings (SSSR count). The molecule has 2 bridgehead atoms. The molecule has 0 aliphatic heterocycles. The zero-order valence-electron chi connectivity index (χ0n) is 12.7. The molecular weight excluding hydrogens is 266 g/mol. The second-order valence-corrected chi connectivity index (χ2v) is 6.48. The monoisotopic (exact) mass is 289 g/mol. The minimum atomic E-state index is -0.130. The van der Waals surface area contributed by atoms with Crippen LogP contribution in [0.15, 0.2) is 18.2 Å². The van der Waals surface area contributed by atoms with Crippen LogP contribution in [0.2, 0.25) is 0 Å². The maximum absolute atomic E-state index is 12.5. The fourth-order valence-corrected chi connectivity index (χ4v) is 4.10. The van der Waals surface area contributed by atoms with Gasteiger partial charge in [0.15, 0.2) is 11.5 Å². The number of phenolic OH excluding ortho intramolecular Hbond substituents is 1. The number of fused-ring (bicyclic) bond motifs is 2. The molecule has 2 fully saturated rings. The first-order valence-electron chi connectivity index (χ1n) is 7.71. The van der Waals surface area contributed by atoms with Gasteiger partial charge in [0.1, 0.15) is 0 Å². The molecule has 4 nitrogen and oxygen atoms in total. The third-order valence-electron chi connectivity index (χ3n) is 5.19. The maximum atomic E-state index is 12.5. The van der Waals surface area contributed by atoms with Crippen LogP contribution in [-0.2, 0) is 0 Å². The van der Waals surface area contributed by atoms with Crippen molar-refractivity contribution in [2.75, 3.05) is 20.7 Å². The molecule has 2 saturated carbocycles. The predicted octanol–water partition coefficient (Wildman–Crippen LogP) is 2.91.